The second kappa shape index (κ2) is 9.06. The Kier molecular flexibility index (Phi) is 6.26. The topological polar surface area (TPSA) is 79.3 Å². The van der Waals surface area contributed by atoms with E-state index in [1.807, 2.05) is 5.92 Å². The molecule has 0 spiro atoms. The van der Waals surface area contributed by atoms with Gasteiger partial charge >= 0.3 is 0 Å². The molecular formula is C22H8F5N3O2. The molecule has 0 aliphatic rings. The largest absolute Gasteiger partial charge is 0.286 e. The monoisotopic (exact) mass is 441 g/mol. The normalized spacial score (nSPS) is 9.91. The van der Waals surface area contributed by atoms with E-state index in [1.54, 1.807) is 12.1 Å². The maximum atomic E-state index is 13.7. The highest BCUT2D eigenvalue weighted by Crippen LogP contribution is 2.23. The molecule has 0 saturated heterocycles. The van der Waals surface area contributed by atoms with E-state index in [2.05, 4.69) is 22.9 Å². The molecule has 0 unspecified atom stereocenters. The third-order valence-electron chi connectivity index (χ3n) is 4.07. The molecule has 158 valence electrons. The molecule has 1 N–H and O–H groups in total. The van der Waals surface area contributed by atoms with E-state index in [-0.39, 0.29) is 11.1 Å². The van der Waals surface area contributed by atoms with Crippen molar-refractivity contribution in [2.45, 2.75) is 0 Å². The van der Waals surface area contributed by atoms with Gasteiger partial charge in [0, 0.05) is 17.2 Å². The minimum absolute atomic E-state index is 0.00559. The van der Waals surface area contributed by atoms with Gasteiger partial charge in [-0.1, -0.05) is 23.7 Å². The van der Waals surface area contributed by atoms with Gasteiger partial charge in [0.15, 0.2) is 23.3 Å². The Morgan fingerprint density at radius 3 is 1.84 bits per heavy atom. The van der Waals surface area contributed by atoms with Crippen molar-refractivity contribution in [2.24, 2.45) is 5.11 Å². The molecule has 0 fully saturated rings. The first kappa shape index (κ1) is 22.1. The summed E-state index contributed by atoms with van der Waals surface area (Å²) in [6.45, 7) is 0. The minimum atomic E-state index is -2.31. The molecule has 3 rings (SSSR count). The molecule has 0 atom stereocenters. The fourth-order valence-corrected chi connectivity index (χ4v) is 2.47. The van der Waals surface area contributed by atoms with Crippen molar-refractivity contribution in [3.8, 4) is 23.7 Å². The third kappa shape index (κ3) is 4.45. The summed E-state index contributed by atoms with van der Waals surface area (Å²) in [6, 6.07) is 9.64. The van der Waals surface area contributed by atoms with Crippen LogP contribution in [0.4, 0.5) is 33.3 Å². The molecular weight excluding hydrogens is 433 g/mol. The molecule has 3 aromatic carbocycles. The molecule has 3 aromatic rings. The van der Waals surface area contributed by atoms with Crippen LogP contribution < -0.4 is 0 Å². The highest BCUT2D eigenvalue weighted by atomic mass is 19.2. The van der Waals surface area contributed by atoms with Crippen molar-refractivity contribution in [2.75, 3.05) is 0 Å². The van der Waals surface area contributed by atoms with Gasteiger partial charge in [0.1, 0.15) is 11.1 Å². The van der Waals surface area contributed by atoms with Crippen molar-refractivity contribution < 1.29 is 26.9 Å². The van der Waals surface area contributed by atoms with Crippen LogP contribution in [0.5, 0.6) is 0 Å². The number of nitro groups is 1. The van der Waals surface area contributed by atoms with Crippen molar-refractivity contribution in [1.82, 2.24) is 0 Å². The first-order valence-electron chi connectivity index (χ1n) is 8.54. The van der Waals surface area contributed by atoms with Gasteiger partial charge < -0.3 is 0 Å². The fraction of sp³-hybridized carbons (Fsp3) is 0. The van der Waals surface area contributed by atoms with Crippen LogP contribution in [0.15, 0.2) is 47.6 Å². The van der Waals surface area contributed by atoms with E-state index < -0.39 is 45.3 Å². The predicted molar refractivity (Wildman–Crippen MR) is 103 cm³/mol. The summed E-state index contributed by atoms with van der Waals surface area (Å²) in [6.07, 6.45) is 0. The summed E-state index contributed by atoms with van der Waals surface area (Å²) < 4.78 is 67.1. The molecule has 0 bridgehead atoms. The van der Waals surface area contributed by atoms with Gasteiger partial charge in [-0.3, -0.25) is 10.1 Å². The molecule has 10 heteroatoms. The maximum absolute atomic E-state index is 13.7. The van der Waals surface area contributed by atoms with E-state index in [4.69, 9.17) is 5.53 Å². The van der Waals surface area contributed by atoms with Crippen molar-refractivity contribution in [3.05, 3.63) is 104 Å². The summed E-state index contributed by atoms with van der Waals surface area (Å²) in [5, 5.41) is 14.6. The molecule has 0 saturated carbocycles. The lowest BCUT2D eigenvalue weighted by Gasteiger charge is -2.02. The molecule has 0 heterocycles. The SMILES string of the molecule is N=Nc1ccc(C#Cc2ccc(C#Cc3c(F)c(F)c(F)c(F)c3F)cc2[N+](=O)[O-])cc1. The van der Waals surface area contributed by atoms with Gasteiger partial charge in [0.2, 0.25) is 5.82 Å². The average molecular weight is 441 g/mol. The van der Waals surface area contributed by atoms with E-state index in [0.29, 0.717) is 11.3 Å². The summed E-state index contributed by atoms with van der Waals surface area (Å²) in [5.41, 5.74) is 5.88. The van der Waals surface area contributed by atoms with Crippen molar-refractivity contribution in [1.29, 1.82) is 5.53 Å². The Balaban J connectivity index is 2.00. The molecule has 5 nitrogen and oxygen atoms in total. The number of nitrogens with zero attached hydrogens (tertiary/aromatic N) is 2. The Morgan fingerprint density at radius 2 is 1.28 bits per heavy atom. The van der Waals surface area contributed by atoms with Gasteiger partial charge in [0.25, 0.3) is 5.69 Å². The van der Waals surface area contributed by atoms with Crippen LogP contribution >= 0.6 is 0 Å². The highest BCUT2D eigenvalue weighted by molar-refractivity contribution is 5.58. The molecule has 0 aliphatic heterocycles. The summed E-state index contributed by atoms with van der Waals surface area (Å²) >= 11 is 0. The van der Waals surface area contributed by atoms with Crippen molar-refractivity contribution >= 4 is 11.4 Å². The number of nitro benzene ring substituents is 1. The van der Waals surface area contributed by atoms with Crippen LogP contribution in [0.25, 0.3) is 0 Å². The van der Waals surface area contributed by atoms with Gasteiger partial charge in [-0.05, 0) is 36.4 Å². The number of hydrogen-bond acceptors (Lipinski definition) is 4. The number of hydrogen-bond donors (Lipinski definition) is 1. The zero-order valence-electron chi connectivity index (χ0n) is 15.6. The summed E-state index contributed by atoms with van der Waals surface area (Å²) in [7, 11) is 0. The zero-order chi connectivity index (χ0) is 23.4. The molecule has 0 aliphatic carbocycles. The summed E-state index contributed by atoms with van der Waals surface area (Å²) in [5.74, 6) is -1.50. The first-order chi connectivity index (χ1) is 15.2. The van der Waals surface area contributed by atoms with Crippen LogP contribution in [0.3, 0.4) is 0 Å². The first-order valence-corrected chi connectivity index (χ1v) is 8.54. The smallest absolute Gasteiger partial charge is 0.258 e. The lowest BCUT2D eigenvalue weighted by Crippen LogP contribution is -2.04. The fourth-order valence-electron chi connectivity index (χ4n) is 2.47. The lowest BCUT2D eigenvalue weighted by atomic mass is 10.1. The Morgan fingerprint density at radius 1 is 0.750 bits per heavy atom. The van der Waals surface area contributed by atoms with E-state index in [0.717, 1.165) is 6.07 Å². The second-order valence-electron chi connectivity index (χ2n) is 6.09. The Labute approximate surface area is 177 Å². The van der Waals surface area contributed by atoms with Gasteiger partial charge in [0.05, 0.1) is 10.6 Å². The van der Waals surface area contributed by atoms with E-state index in [9.17, 15) is 32.1 Å². The molecule has 0 amide bonds. The molecule has 0 radical (unpaired) electrons. The van der Waals surface area contributed by atoms with E-state index in [1.165, 1.54) is 24.3 Å². The van der Waals surface area contributed by atoms with Crippen LogP contribution in [-0.2, 0) is 0 Å². The van der Waals surface area contributed by atoms with Crippen molar-refractivity contribution in [3.63, 3.8) is 0 Å². The van der Waals surface area contributed by atoms with Crippen LogP contribution in [-0.4, -0.2) is 4.92 Å². The Bertz CT molecular complexity index is 1350. The molecule has 32 heavy (non-hydrogen) atoms. The standard InChI is InChI=1S/C22H8F5N3O2/c23-18-16(19(24)21(26)22(27)20(18)25)10-5-13-2-7-14(17(11-13)30(31)32)6-1-12-3-8-15(29-28)9-4-12/h2-4,7-9,11,28H. The summed E-state index contributed by atoms with van der Waals surface area (Å²) in [4.78, 5) is 10.6. The second-order valence-corrected chi connectivity index (χ2v) is 6.09. The Hall–Kier alpha value is -4.57. The predicted octanol–water partition coefficient (Wildman–Crippen LogP) is 5.75. The van der Waals surface area contributed by atoms with Crippen LogP contribution in [0.1, 0.15) is 22.3 Å². The van der Waals surface area contributed by atoms with Gasteiger partial charge in [-0.2, -0.15) is 5.11 Å². The minimum Gasteiger partial charge on any atom is -0.258 e. The maximum Gasteiger partial charge on any atom is 0.286 e. The number of benzene rings is 3. The van der Waals surface area contributed by atoms with Gasteiger partial charge in [-0.25, -0.2) is 27.5 Å². The average Bonchev–Trinajstić information content (AvgIpc) is 2.80. The molecule has 0 aromatic heterocycles. The number of nitrogens with one attached hydrogen (secondary N) is 1. The van der Waals surface area contributed by atoms with Crippen LogP contribution in [0.2, 0.25) is 0 Å². The van der Waals surface area contributed by atoms with Gasteiger partial charge in [-0.15, -0.1) is 0 Å². The number of rotatable bonds is 2. The highest BCUT2D eigenvalue weighted by Gasteiger charge is 2.24. The number of halogens is 5. The quantitative estimate of drug-likeness (QED) is 0.105. The van der Waals surface area contributed by atoms with E-state index >= 15 is 0 Å². The zero-order valence-corrected chi connectivity index (χ0v) is 15.6. The lowest BCUT2D eigenvalue weighted by molar-refractivity contribution is -0.385. The third-order valence-corrected chi connectivity index (χ3v) is 4.07. The van der Waals surface area contributed by atoms with Crippen LogP contribution in [0, 0.1) is 68.4 Å².